The van der Waals surface area contributed by atoms with Crippen LogP contribution in [0.4, 0.5) is 4.39 Å². The summed E-state index contributed by atoms with van der Waals surface area (Å²) in [5.74, 6) is -0.488. The zero-order valence-electron chi connectivity index (χ0n) is 11.0. The number of hydrogen-bond acceptors (Lipinski definition) is 5. The van der Waals surface area contributed by atoms with Crippen molar-refractivity contribution in [2.24, 2.45) is 5.14 Å². The van der Waals surface area contributed by atoms with Gasteiger partial charge in [-0.05, 0) is 18.2 Å². The topological polar surface area (TPSA) is 100 Å². The number of primary sulfonamides is 1. The van der Waals surface area contributed by atoms with Crippen LogP contribution in [-0.2, 0) is 21.3 Å². The number of nitrogens with two attached hydrogens (primary N) is 1. The Balaban J connectivity index is 2.60. The molecule has 2 N–H and O–H groups in total. The zero-order chi connectivity index (χ0) is 15.6. The number of nitrogens with zero attached hydrogens (tertiary/aromatic N) is 3. The highest BCUT2D eigenvalue weighted by molar-refractivity contribution is 9.10. The van der Waals surface area contributed by atoms with Gasteiger partial charge in [0.05, 0.1) is 18.7 Å². The lowest BCUT2D eigenvalue weighted by Crippen LogP contribution is -2.20. The summed E-state index contributed by atoms with van der Waals surface area (Å²) in [4.78, 5) is 0. The number of sulfonamides is 1. The summed E-state index contributed by atoms with van der Waals surface area (Å²) in [6, 6.07) is 4.34. The van der Waals surface area contributed by atoms with Crippen LogP contribution in [0, 0.1) is 5.82 Å². The molecule has 0 aliphatic carbocycles. The molecule has 2 rings (SSSR count). The van der Waals surface area contributed by atoms with Crippen LogP contribution in [0.2, 0.25) is 0 Å². The molecule has 21 heavy (non-hydrogen) atoms. The molecule has 0 bridgehead atoms. The molecule has 0 fully saturated rings. The van der Waals surface area contributed by atoms with Gasteiger partial charge in [0.2, 0.25) is 0 Å². The van der Waals surface area contributed by atoms with Gasteiger partial charge in [-0.2, -0.15) is 0 Å². The molecule has 114 valence electrons. The first kappa shape index (κ1) is 16.0. The third-order valence-corrected chi connectivity index (χ3v) is 3.97. The minimum Gasteiger partial charge on any atom is -0.383 e. The van der Waals surface area contributed by atoms with Crippen molar-refractivity contribution in [3.63, 3.8) is 0 Å². The molecule has 0 aliphatic rings. The van der Waals surface area contributed by atoms with Gasteiger partial charge in [-0.3, -0.25) is 4.57 Å². The van der Waals surface area contributed by atoms with E-state index in [0.717, 1.165) is 0 Å². The largest absolute Gasteiger partial charge is 0.383 e. The molecule has 0 aliphatic heterocycles. The van der Waals surface area contributed by atoms with Gasteiger partial charge in [-0.1, -0.05) is 15.9 Å². The van der Waals surface area contributed by atoms with E-state index in [2.05, 4.69) is 26.1 Å². The number of halogens is 2. The predicted octanol–water partition coefficient (Wildman–Crippen LogP) is 1.14. The molecule has 1 aromatic carbocycles. The Bertz CT molecular complexity index is 763. The first-order chi connectivity index (χ1) is 9.84. The van der Waals surface area contributed by atoms with Crippen LogP contribution in [0.15, 0.2) is 27.8 Å². The SMILES string of the molecule is COCCn1c(-c2ccc(Br)cc2F)nnc1S(N)(=O)=O. The van der Waals surface area contributed by atoms with E-state index in [9.17, 15) is 12.8 Å². The number of rotatable bonds is 5. The van der Waals surface area contributed by atoms with Crippen molar-refractivity contribution in [1.82, 2.24) is 14.8 Å². The fourth-order valence-corrected chi connectivity index (χ4v) is 2.73. The van der Waals surface area contributed by atoms with Crippen molar-refractivity contribution < 1.29 is 17.5 Å². The quantitative estimate of drug-likeness (QED) is 0.840. The Kier molecular flexibility index (Phi) is 4.71. The Morgan fingerprint density at radius 1 is 1.43 bits per heavy atom. The lowest BCUT2D eigenvalue weighted by Gasteiger charge is -2.09. The summed E-state index contributed by atoms with van der Waals surface area (Å²) in [6.07, 6.45) is 0. The van der Waals surface area contributed by atoms with E-state index in [4.69, 9.17) is 9.88 Å². The van der Waals surface area contributed by atoms with Crippen LogP contribution in [0.3, 0.4) is 0 Å². The molecule has 2 aromatic rings. The van der Waals surface area contributed by atoms with E-state index in [1.54, 1.807) is 6.07 Å². The highest BCUT2D eigenvalue weighted by Gasteiger charge is 2.23. The summed E-state index contributed by atoms with van der Waals surface area (Å²) in [7, 11) is -2.61. The van der Waals surface area contributed by atoms with Crippen LogP contribution in [0.1, 0.15) is 0 Å². The second kappa shape index (κ2) is 6.18. The van der Waals surface area contributed by atoms with Crippen molar-refractivity contribution >= 4 is 26.0 Å². The second-order valence-corrected chi connectivity index (χ2v) is 6.49. The van der Waals surface area contributed by atoms with Crippen LogP contribution in [0.5, 0.6) is 0 Å². The minimum absolute atomic E-state index is 0.0704. The number of ether oxygens (including phenoxy) is 1. The maximum absolute atomic E-state index is 14.0. The second-order valence-electron chi connectivity index (χ2n) is 4.12. The average molecular weight is 379 g/mol. The fraction of sp³-hybridized carbons (Fsp3) is 0.273. The van der Waals surface area contributed by atoms with E-state index >= 15 is 0 Å². The molecule has 0 saturated heterocycles. The average Bonchev–Trinajstić information content (AvgIpc) is 2.79. The van der Waals surface area contributed by atoms with Crippen LogP contribution in [-0.4, -0.2) is 36.9 Å². The van der Waals surface area contributed by atoms with E-state index in [-0.39, 0.29) is 24.5 Å². The Hall–Kier alpha value is -1.36. The molecule has 0 radical (unpaired) electrons. The van der Waals surface area contributed by atoms with Gasteiger partial charge in [-0.15, -0.1) is 10.2 Å². The van der Waals surface area contributed by atoms with Crippen LogP contribution >= 0.6 is 15.9 Å². The first-order valence-corrected chi connectivity index (χ1v) is 8.09. The van der Waals surface area contributed by atoms with Gasteiger partial charge in [0, 0.05) is 11.6 Å². The zero-order valence-corrected chi connectivity index (χ0v) is 13.4. The maximum Gasteiger partial charge on any atom is 0.273 e. The highest BCUT2D eigenvalue weighted by atomic mass is 79.9. The normalized spacial score (nSPS) is 11.8. The van der Waals surface area contributed by atoms with Crippen molar-refractivity contribution in [2.45, 2.75) is 11.7 Å². The van der Waals surface area contributed by atoms with Crippen molar-refractivity contribution in [3.05, 3.63) is 28.5 Å². The van der Waals surface area contributed by atoms with Gasteiger partial charge in [0.15, 0.2) is 5.82 Å². The van der Waals surface area contributed by atoms with Gasteiger partial charge in [-0.25, -0.2) is 17.9 Å². The predicted molar refractivity (Wildman–Crippen MR) is 76.4 cm³/mol. The summed E-state index contributed by atoms with van der Waals surface area (Å²) >= 11 is 3.15. The molecule has 10 heteroatoms. The summed E-state index contributed by atoms with van der Waals surface area (Å²) in [5, 5.41) is 11.9. The van der Waals surface area contributed by atoms with Gasteiger partial charge in [0.25, 0.3) is 15.2 Å². The molecule has 7 nitrogen and oxygen atoms in total. The molecular weight excluding hydrogens is 367 g/mol. The minimum atomic E-state index is -4.07. The lowest BCUT2D eigenvalue weighted by molar-refractivity contribution is 0.185. The summed E-state index contributed by atoms with van der Waals surface area (Å²) in [6.45, 7) is 0.325. The third kappa shape index (κ3) is 3.46. The molecule has 0 unspecified atom stereocenters. The van der Waals surface area contributed by atoms with Gasteiger partial charge >= 0.3 is 0 Å². The highest BCUT2D eigenvalue weighted by Crippen LogP contribution is 2.25. The molecule has 1 heterocycles. The van der Waals surface area contributed by atoms with E-state index < -0.39 is 21.0 Å². The lowest BCUT2D eigenvalue weighted by atomic mass is 10.2. The Morgan fingerprint density at radius 3 is 2.71 bits per heavy atom. The van der Waals surface area contributed by atoms with Crippen molar-refractivity contribution in [1.29, 1.82) is 0 Å². The molecular formula is C11H12BrFN4O3S. The number of benzene rings is 1. The van der Waals surface area contributed by atoms with E-state index in [0.29, 0.717) is 4.47 Å². The maximum atomic E-state index is 14.0. The summed E-state index contributed by atoms with van der Waals surface area (Å²) in [5.41, 5.74) is 0.122. The van der Waals surface area contributed by atoms with Crippen molar-refractivity contribution in [3.8, 4) is 11.4 Å². The van der Waals surface area contributed by atoms with Crippen molar-refractivity contribution in [2.75, 3.05) is 13.7 Å². The molecule has 1 aromatic heterocycles. The standard InChI is InChI=1S/C11H12BrFN4O3S/c1-20-5-4-17-10(15-16-11(17)21(14,18)19)8-3-2-7(12)6-9(8)13/h2-3,6H,4-5H2,1H3,(H2,14,18,19). The smallest absolute Gasteiger partial charge is 0.273 e. The number of aromatic nitrogens is 3. The van der Waals surface area contributed by atoms with E-state index in [1.165, 1.54) is 23.8 Å². The number of methoxy groups -OCH3 is 1. The van der Waals surface area contributed by atoms with Crippen LogP contribution in [0.25, 0.3) is 11.4 Å². The molecule has 0 atom stereocenters. The molecule has 0 spiro atoms. The van der Waals surface area contributed by atoms with Gasteiger partial charge in [0.1, 0.15) is 5.82 Å². The summed E-state index contributed by atoms with van der Waals surface area (Å²) < 4.78 is 43.7. The Labute approximate surface area is 129 Å². The fourth-order valence-electron chi connectivity index (χ4n) is 1.75. The van der Waals surface area contributed by atoms with E-state index in [1.807, 2.05) is 0 Å². The first-order valence-electron chi connectivity index (χ1n) is 5.75. The molecule has 0 amide bonds. The monoisotopic (exact) mass is 378 g/mol. The Morgan fingerprint density at radius 2 is 2.14 bits per heavy atom. The third-order valence-electron chi connectivity index (χ3n) is 2.66. The van der Waals surface area contributed by atoms with Gasteiger partial charge < -0.3 is 4.74 Å². The number of hydrogen-bond donors (Lipinski definition) is 1. The van der Waals surface area contributed by atoms with Crippen LogP contribution < -0.4 is 5.14 Å². The molecule has 0 saturated carbocycles.